The molecule has 0 saturated heterocycles. The molecule has 1 aromatic carbocycles. The summed E-state index contributed by atoms with van der Waals surface area (Å²) < 4.78 is 19.6. The zero-order valence-electron chi connectivity index (χ0n) is 12.3. The van der Waals surface area contributed by atoms with Crippen LogP contribution in [0, 0.1) is 11.7 Å². The quantitative estimate of drug-likeness (QED) is 0.802. The van der Waals surface area contributed by atoms with E-state index in [9.17, 15) is 19.4 Å². The molecule has 1 aromatic heterocycles. The number of aromatic nitrogens is 1. The third-order valence-corrected chi connectivity index (χ3v) is 5.70. The van der Waals surface area contributed by atoms with Crippen LogP contribution in [0.3, 0.4) is 0 Å². The lowest BCUT2D eigenvalue weighted by Gasteiger charge is -2.29. The smallest absolute Gasteiger partial charge is 0.365 e. The third-order valence-electron chi connectivity index (χ3n) is 3.88. The number of aliphatic hydroxyl groups is 1. The van der Waals surface area contributed by atoms with E-state index in [-0.39, 0.29) is 27.8 Å². The van der Waals surface area contributed by atoms with E-state index in [0.29, 0.717) is 16.1 Å². The van der Waals surface area contributed by atoms with Crippen LogP contribution in [0.5, 0.6) is 5.75 Å². The van der Waals surface area contributed by atoms with E-state index in [1.54, 1.807) is 13.8 Å². The highest BCUT2D eigenvalue weighted by Gasteiger charge is 2.42. The molecule has 1 atom stereocenters. The van der Waals surface area contributed by atoms with Crippen LogP contribution in [0.2, 0.25) is 0 Å². The van der Waals surface area contributed by atoms with E-state index in [0.717, 1.165) is 11.3 Å². The Labute approximate surface area is 143 Å². The highest BCUT2D eigenvalue weighted by Crippen LogP contribution is 2.47. The van der Waals surface area contributed by atoms with Gasteiger partial charge in [0, 0.05) is 11.6 Å². The molecule has 0 radical (unpaired) electrons. The molecule has 0 saturated carbocycles. The van der Waals surface area contributed by atoms with Crippen molar-refractivity contribution in [3.8, 4) is 17.0 Å². The molecular formula is C15H13BrFNO4S. The standard InChI is InChI=1S/C15H13BrFNO4S/c1-6(2)15(21)5-22-10-4-9(17)8(16)3-7(10)11-12(15)23-13(18-11)14(19)20/h3-4,6,21H,5H2,1-2H3,(H,19,20). The Hall–Kier alpha value is -1.51. The molecule has 0 fully saturated rings. The Morgan fingerprint density at radius 2 is 2.22 bits per heavy atom. The first-order valence-electron chi connectivity index (χ1n) is 6.83. The molecule has 122 valence electrons. The monoisotopic (exact) mass is 401 g/mol. The van der Waals surface area contributed by atoms with Gasteiger partial charge < -0.3 is 14.9 Å². The zero-order valence-corrected chi connectivity index (χ0v) is 14.7. The van der Waals surface area contributed by atoms with Crippen molar-refractivity contribution < 1.29 is 24.1 Å². The molecule has 5 nitrogen and oxygen atoms in total. The summed E-state index contributed by atoms with van der Waals surface area (Å²) in [4.78, 5) is 15.8. The number of carbonyl (C=O) groups is 1. The Kier molecular flexibility index (Phi) is 3.94. The number of thiazole rings is 1. The van der Waals surface area contributed by atoms with Crippen LogP contribution < -0.4 is 4.74 Å². The maximum atomic E-state index is 13.8. The molecule has 0 bridgehead atoms. The second-order valence-corrected chi connectivity index (χ2v) is 7.49. The van der Waals surface area contributed by atoms with Crippen LogP contribution in [0.15, 0.2) is 16.6 Å². The molecule has 23 heavy (non-hydrogen) atoms. The molecule has 3 rings (SSSR count). The van der Waals surface area contributed by atoms with Crippen molar-refractivity contribution in [3.05, 3.63) is 32.3 Å². The van der Waals surface area contributed by atoms with Crippen molar-refractivity contribution >= 4 is 33.2 Å². The topological polar surface area (TPSA) is 79.7 Å². The minimum Gasteiger partial charge on any atom is -0.489 e. The van der Waals surface area contributed by atoms with Crippen molar-refractivity contribution in [1.29, 1.82) is 0 Å². The Morgan fingerprint density at radius 3 is 2.83 bits per heavy atom. The summed E-state index contributed by atoms with van der Waals surface area (Å²) in [5, 5.41) is 20.1. The van der Waals surface area contributed by atoms with Gasteiger partial charge in [-0.05, 0) is 27.9 Å². The van der Waals surface area contributed by atoms with Gasteiger partial charge in [0.25, 0.3) is 0 Å². The second-order valence-electron chi connectivity index (χ2n) is 5.63. The highest BCUT2D eigenvalue weighted by atomic mass is 79.9. The molecule has 2 aromatic rings. The number of carboxylic acid groups (broad SMARTS) is 1. The minimum atomic E-state index is -1.40. The zero-order chi connectivity index (χ0) is 16.9. The predicted octanol–water partition coefficient (Wildman–Crippen LogP) is 3.65. The summed E-state index contributed by atoms with van der Waals surface area (Å²) in [6.45, 7) is 3.51. The van der Waals surface area contributed by atoms with Gasteiger partial charge in [-0.25, -0.2) is 14.2 Å². The molecule has 2 heterocycles. The van der Waals surface area contributed by atoms with E-state index >= 15 is 0 Å². The number of aromatic carboxylic acids is 1. The fourth-order valence-electron chi connectivity index (χ4n) is 2.40. The van der Waals surface area contributed by atoms with Crippen LogP contribution in [-0.2, 0) is 5.60 Å². The molecule has 8 heteroatoms. The lowest BCUT2D eigenvalue weighted by molar-refractivity contribution is -0.0436. The number of fused-ring (bicyclic) bond motifs is 3. The molecule has 1 aliphatic heterocycles. The van der Waals surface area contributed by atoms with Gasteiger partial charge in [-0.15, -0.1) is 11.3 Å². The average Bonchev–Trinajstić information content (AvgIpc) is 2.89. The van der Waals surface area contributed by atoms with Gasteiger partial charge in [0.05, 0.1) is 15.0 Å². The number of benzene rings is 1. The largest absolute Gasteiger partial charge is 0.489 e. The number of hydrogen-bond acceptors (Lipinski definition) is 5. The van der Waals surface area contributed by atoms with Crippen molar-refractivity contribution in [2.75, 3.05) is 6.61 Å². The van der Waals surface area contributed by atoms with E-state index in [4.69, 9.17) is 4.74 Å². The van der Waals surface area contributed by atoms with Gasteiger partial charge in [0.15, 0.2) is 0 Å². The summed E-state index contributed by atoms with van der Waals surface area (Å²) in [6, 6.07) is 2.69. The van der Waals surface area contributed by atoms with Crippen LogP contribution in [0.4, 0.5) is 4.39 Å². The van der Waals surface area contributed by atoms with E-state index in [2.05, 4.69) is 20.9 Å². The summed E-state index contributed by atoms with van der Waals surface area (Å²) >= 11 is 4.03. The van der Waals surface area contributed by atoms with Gasteiger partial charge in [0.1, 0.15) is 23.8 Å². The summed E-state index contributed by atoms with van der Waals surface area (Å²) in [6.07, 6.45) is 0. The number of halogens is 2. The van der Waals surface area contributed by atoms with Gasteiger partial charge in [-0.1, -0.05) is 13.8 Å². The molecule has 2 N–H and O–H groups in total. The molecular weight excluding hydrogens is 389 g/mol. The number of rotatable bonds is 2. The number of hydrogen-bond donors (Lipinski definition) is 2. The van der Waals surface area contributed by atoms with Gasteiger partial charge in [-0.2, -0.15) is 0 Å². The first-order valence-corrected chi connectivity index (χ1v) is 8.44. The molecule has 0 amide bonds. The lowest BCUT2D eigenvalue weighted by Crippen LogP contribution is -2.37. The minimum absolute atomic E-state index is 0.104. The van der Waals surface area contributed by atoms with Gasteiger partial charge in [-0.3, -0.25) is 0 Å². The van der Waals surface area contributed by atoms with E-state index in [1.165, 1.54) is 12.1 Å². The van der Waals surface area contributed by atoms with Gasteiger partial charge in [0.2, 0.25) is 5.01 Å². The summed E-state index contributed by atoms with van der Waals surface area (Å²) in [5.74, 6) is -1.69. The Bertz CT molecular complexity index is 807. The third kappa shape index (κ3) is 2.54. The van der Waals surface area contributed by atoms with E-state index in [1.807, 2.05) is 0 Å². The van der Waals surface area contributed by atoms with Crippen LogP contribution in [-0.4, -0.2) is 27.8 Å². The predicted molar refractivity (Wildman–Crippen MR) is 86.4 cm³/mol. The highest BCUT2D eigenvalue weighted by molar-refractivity contribution is 9.10. The lowest BCUT2D eigenvalue weighted by atomic mass is 9.88. The van der Waals surface area contributed by atoms with Crippen LogP contribution in [0.25, 0.3) is 11.3 Å². The Balaban J connectivity index is 2.32. The molecule has 0 aliphatic carbocycles. The SMILES string of the molecule is CC(C)C1(O)COc2cc(F)c(Br)cc2-c2nc(C(=O)O)sc21. The maximum Gasteiger partial charge on any atom is 0.365 e. The second kappa shape index (κ2) is 5.54. The maximum absolute atomic E-state index is 13.8. The fraction of sp³-hybridized carbons (Fsp3) is 0.333. The number of nitrogens with zero attached hydrogens (tertiary/aromatic N) is 1. The van der Waals surface area contributed by atoms with Crippen molar-refractivity contribution in [2.45, 2.75) is 19.4 Å². The first kappa shape index (κ1) is 16.4. The molecule has 0 spiro atoms. The number of carboxylic acids is 1. The molecule has 1 unspecified atom stereocenters. The molecule has 1 aliphatic rings. The van der Waals surface area contributed by atoms with Gasteiger partial charge >= 0.3 is 5.97 Å². The van der Waals surface area contributed by atoms with Crippen molar-refractivity contribution in [2.24, 2.45) is 5.92 Å². The Morgan fingerprint density at radius 1 is 1.52 bits per heavy atom. The van der Waals surface area contributed by atoms with Crippen molar-refractivity contribution in [1.82, 2.24) is 4.98 Å². The first-order chi connectivity index (χ1) is 10.7. The summed E-state index contributed by atoms with van der Waals surface area (Å²) in [5.41, 5.74) is -0.631. The summed E-state index contributed by atoms with van der Waals surface area (Å²) in [7, 11) is 0. The average molecular weight is 402 g/mol. The fourth-order valence-corrected chi connectivity index (χ4v) is 3.89. The normalized spacial score (nSPS) is 19.7. The van der Waals surface area contributed by atoms with Crippen molar-refractivity contribution in [3.63, 3.8) is 0 Å². The van der Waals surface area contributed by atoms with E-state index < -0.39 is 17.4 Å². The number of ether oxygens (including phenoxy) is 1. The van der Waals surface area contributed by atoms with Crippen LogP contribution in [0.1, 0.15) is 28.5 Å². The van der Waals surface area contributed by atoms with Crippen LogP contribution >= 0.6 is 27.3 Å².